The molecule has 0 aliphatic heterocycles. The van der Waals surface area contributed by atoms with Crippen LogP contribution in [0.1, 0.15) is 5.56 Å². The molecule has 0 saturated heterocycles. The van der Waals surface area contributed by atoms with Crippen molar-refractivity contribution in [1.82, 2.24) is 15.0 Å². The van der Waals surface area contributed by atoms with Crippen LogP contribution in [0.25, 0.3) is 78.0 Å². The number of benzene rings is 6. The summed E-state index contributed by atoms with van der Waals surface area (Å²) in [6.07, 6.45) is 0. The highest BCUT2D eigenvalue weighted by Crippen LogP contribution is 2.37. The molecule has 0 unspecified atom stereocenters. The molecular weight excluding hydrogens is 514 g/mol. The van der Waals surface area contributed by atoms with Crippen molar-refractivity contribution >= 4 is 32.7 Å². The molecule has 0 atom stereocenters. The number of aromatic nitrogens is 3. The summed E-state index contributed by atoms with van der Waals surface area (Å²) in [5, 5.41) is 4.53. The summed E-state index contributed by atoms with van der Waals surface area (Å²) < 4.78 is 6.34. The van der Waals surface area contributed by atoms with Crippen LogP contribution in [-0.4, -0.2) is 15.0 Å². The lowest BCUT2D eigenvalue weighted by Gasteiger charge is -2.10. The zero-order chi connectivity index (χ0) is 28.0. The monoisotopic (exact) mass is 539 g/mol. The van der Waals surface area contributed by atoms with E-state index in [0.29, 0.717) is 17.5 Å². The Labute approximate surface area is 243 Å². The van der Waals surface area contributed by atoms with Crippen molar-refractivity contribution in [3.05, 3.63) is 139 Å². The second-order valence-corrected chi connectivity index (χ2v) is 10.6. The van der Waals surface area contributed by atoms with Crippen molar-refractivity contribution in [3.8, 4) is 45.3 Å². The van der Waals surface area contributed by atoms with Crippen LogP contribution < -0.4 is 0 Å². The van der Waals surface area contributed by atoms with Crippen LogP contribution >= 0.6 is 0 Å². The Balaban J connectivity index is 1.26. The third-order valence-corrected chi connectivity index (χ3v) is 7.76. The second kappa shape index (κ2) is 9.79. The number of fused-ring (bicyclic) bond motifs is 5. The SMILES string of the molecule is Cc1cccc(-c2nc(-c3ccccc3)nc(-c3cccc(-c4ccc5oc6c7ccccc7ccc6c5c4)c3)n2)c1. The molecule has 0 bridgehead atoms. The molecule has 0 aliphatic rings. The van der Waals surface area contributed by atoms with Gasteiger partial charge < -0.3 is 4.42 Å². The molecule has 0 aliphatic carbocycles. The second-order valence-electron chi connectivity index (χ2n) is 10.6. The summed E-state index contributed by atoms with van der Waals surface area (Å²) in [5.74, 6) is 1.95. The first-order valence-corrected chi connectivity index (χ1v) is 14.0. The van der Waals surface area contributed by atoms with Gasteiger partial charge in [-0.05, 0) is 53.8 Å². The number of nitrogens with zero attached hydrogens (tertiary/aromatic N) is 3. The van der Waals surface area contributed by atoms with E-state index in [-0.39, 0.29) is 0 Å². The van der Waals surface area contributed by atoms with E-state index in [1.54, 1.807) is 0 Å². The van der Waals surface area contributed by atoms with Gasteiger partial charge in [0.2, 0.25) is 0 Å². The van der Waals surface area contributed by atoms with Gasteiger partial charge in [0.15, 0.2) is 17.5 Å². The maximum atomic E-state index is 6.34. The Morgan fingerprint density at radius 1 is 0.429 bits per heavy atom. The van der Waals surface area contributed by atoms with Gasteiger partial charge in [-0.3, -0.25) is 0 Å². The lowest BCUT2D eigenvalue weighted by Crippen LogP contribution is -2.00. The molecule has 0 saturated carbocycles. The topological polar surface area (TPSA) is 51.8 Å². The molecule has 0 N–H and O–H groups in total. The van der Waals surface area contributed by atoms with Gasteiger partial charge in [0.05, 0.1) is 0 Å². The fourth-order valence-electron chi connectivity index (χ4n) is 5.66. The van der Waals surface area contributed by atoms with Gasteiger partial charge in [0.1, 0.15) is 11.2 Å². The standard InChI is InChI=1S/C38H25N3O/c1-24-9-7-14-29(21-24)37-39-36(26-11-3-2-4-12-26)40-38(41-37)30-15-8-13-27(22-30)28-18-20-34-33(23-28)32-19-17-25-10-5-6-16-31(25)35(32)42-34/h2-23H,1H3. The predicted molar refractivity (Wildman–Crippen MR) is 171 cm³/mol. The van der Waals surface area contributed by atoms with Crippen molar-refractivity contribution in [1.29, 1.82) is 0 Å². The Kier molecular flexibility index (Phi) is 5.64. The van der Waals surface area contributed by atoms with E-state index in [0.717, 1.165) is 60.7 Å². The lowest BCUT2D eigenvalue weighted by atomic mass is 10.00. The molecule has 6 aromatic carbocycles. The van der Waals surface area contributed by atoms with E-state index in [4.69, 9.17) is 19.4 Å². The molecular formula is C38H25N3O. The first kappa shape index (κ1) is 24.2. The summed E-state index contributed by atoms with van der Waals surface area (Å²) in [5.41, 5.74) is 8.02. The predicted octanol–water partition coefficient (Wildman–Crippen LogP) is 9.90. The smallest absolute Gasteiger partial charge is 0.164 e. The molecule has 0 fully saturated rings. The minimum absolute atomic E-state index is 0.642. The van der Waals surface area contributed by atoms with Crippen LogP contribution in [0.3, 0.4) is 0 Å². The zero-order valence-corrected chi connectivity index (χ0v) is 23.0. The van der Waals surface area contributed by atoms with E-state index >= 15 is 0 Å². The third-order valence-electron chi connectivity index (χ3n) is 7.76. The molecule has 0 radical (unpaired) electrons. The number of rotatable bonds is 4. The quantitative estimate of drug-likeness (QED) is 0.223. The fourth-order valence-corrected chi connectivity index (χ4v) is 5.66. The molecule has 0 amide bonds. The molecule has 4 heteroatoms. The normalized spacial score (nSPS) is 11.5. The van der Waals surface area contributed by atoms with Gasteiger partial charge in [-0.1, -0.05) is 109 Å². The summed E-state index contributed by atoms with van der Waals surface area (Å²) in [6, 6.07) is 45.8. The minimum atomic E-state index is 0.642. The maximum Gasteiger partial charge on any atom is 0.164 e. The Morgan fingerprint density at radius 2 is 1.07 bits per heavy atom. The number of hydrogen-bond donors (Lipinski definition) is 0. The van der Waals surface area contributed by atoms with Gasteiger partial charge in [-0.2, -0.15) is 0 Å². The molecule has 42 heavy (non-hydrogen) atoms. The fraction of sp³-hybridized carbons (Fsp3) is 0.0263. The van der Waals surface area contributed by atoms with Crippen LogP contribution in [0.4, 0.5) is 0 Å². The average Bonchev–Trinajstić information content (AvgIpc) is 3.44. The molecule has 2 heterocycles. The van der Waals surface area contributed by atoms with E-state index in [1.165, 1.54) is 5.39 Å². The van der Waals surface area contributed by atoms with Crippen LogP contribution in [0.2, 0.25) is 0 Å². The Bertz CT molecular complexity index is 2270. The van der Waals surface area contributed by atoms with Gasteiger partial charge in [0, 0.05) is 32.8 Å². The van der Waals surface area contributed by atoms with Crippen LogP contribution in [0.5, 0.6) is 0 Å². The number of aryl methyl sites for hydroxylation is 1. The molecule has 8 rings (SSSR count). The summed E-state index contributed by atoms with van der Waals surface area (Å²) in [7, 11) is 0. The highest BCUT2D eigenvalue weighted by Gasteiger charge is 2.15. The van der Waals surface area contributed by atoms with Crippen molar-refractivity contribution in [2.45, 2.75) is 6.92 Å². The van der Waals surface area contributed by atoms with E-state index < -0.39 is 0 Å². The Morgan fingerprint density at radius 3 is 1.88 bits per heavy atom. The summed E-state index contributed by atoms with van der Waals surface area (Å²) >= 11 is 0. The van der Waals surface area contributed by atoms with E-state index in [2.05, 4.69) is 97.9 Å². The van der Waals surface area contributed by atoms with Crippen molar-refractivity contribution in [2.75, 3.05) is 0 Å². The van der Waals surface area contributed by atoms with Crippen LogP contribution in [0, 0.1) is 6.92 Å². The lowest BCUT2D eigenvalue weighted by molar-refractivity contribution is 0.672. The minimum Gasteiger partial charge on any atom is -0.455 e. The van der Waals surface area contributed by atoms with Gasteiger partial charge in [-0.25, -0.2) is 15.0 Å². The summed E-state index contributed by atoms with van der Waals surface area (Å²) in [6.45, 7) is 2.08. The van der Waals surface area contributed by atoms with Gasteiger partial charge in [0.25, 0.3) is 0 Å². The molecule has 0 spiro atoms. The van der Waals surface area contributed by atoms with Crippen LogP contribution in [0.15, 0.2) is 138 Å². The summed E-state index contributed by atoms with van der Waals surface area (Å²) in [4.78, 5) is 14.7. The van der Waals surface area contributed by atoms with Crippen molar-refractivity contribution in [3.63, 3.8) is 0 Å². The van der Waals surface area contributed by atoms with Crippen molar-refractivity contribution < 1.29 is 4.42 Å². The number of hydrogen-bond acceptors (Lipinski definition) is 4. The number of furan rings is 1. The maximum absolute atomic E-state index is 6.34. The molecule has 4 nitrogen and oxygen atoms in total. The molecule has 198 valence electrons. The highest BCUT2D eigenvalue weighted by molar-refractivity contribution is 6.15. The largest absolute Gasteiger partial charge is 0.455 e. The first-order valence-electron chi connectivity index (χ1n) is 14.0. The zero-order valence-electron chi connectivity index (χ0n) is 23.0. The highest BCUT2D eigenvalue weighted by atomic mass is 16.3. The van der Waals surface area contributed by atoms with Crippen LogP contribution in [-0.2, 0) is 0 Å². The third kappa shape index (κ3) is 4.21. The van der Waals surface area contributed by atoms with E-state index in [1.807, 2.05) is 42.5 Å². The molecule has 2 aromatic heterocycles. The first-order chi connectivity index (χ1) is 20.7. The Hall–Kier alpha value is -5.61. The van der Waals surface area contributed by atoms with Crippen molar-refractivity contribution in [2.24, 2.45) is 0 Å². The van der Waals surface area contributed by atoms with Gasteiger partial charge >= 0.3 is 0 Å². The van der Waals surface area contributed by atoms with E-state index in [9.17, 15) is 0 Å². The molecule has 8 aromatic rings. The van der Waals surface area contributed by atoms with Gasteiger partial charge in [-0.15, -0.1) is 0 Å². The average molecular weight is 540 g/mol.